The summed E-state index contributed by atoms with van der Waals surface area (Å²) in [6, 6.07) is 0.587. The summed E-state index contributed by atoms with van der Waals surface area (Å²) in [5.41, 5.74) is 0.793. The summed E-state index contributed by atoms with van der Waals surface area (Å²) in [6.45, 7) is 15.3. The molecule has 0 radical (unpaired) electrons. The minimum atomic E-state index is -0.172. The van der Waals surface area contributed by atoms with Crippen LogP contribution >= 0.6 is 0 Å². The highest BCUT2D eigenvalue weighted by atomic mass is 16.7. The fraction of sp³-hybridized carbons (Fsp3) is 0.972. The van der Waals surface area contributed by atoms with Crippen LogP contribution in [0.4, 0.5) is 0 Å². The van der Waals surface area contributed by atoms with Crippen LogP contribution in [-0.4, -0.2) is 67.7 Å². The molecule has 9 unspecified atom stereocenters. The lowest BCUT2D eigenvalue weighted by atomic mass is 9.43. The van der Waals surface area contributed by atoms with E-state index in [1.807, 2.05) is 0 Å². The Morgan fingerprint density at radius 3 is 2.50 bits per heavy atom. The zero-order valence-corrected chi connectivity index (χ0v) is 27.9. The summed E-state index contributed by atoms with van der Waals surface area (Å²) in [4.78, 5) is 14.0. The lowest BCUT2D eigenvalue weighted by Gasteiger charge is -2.63. The molecule has 0 aromatic rings. The van der Waals surface area contributed by atoms with Crippen molar-refractivity contribution in [3.05, 3.63) is 0 Å². The predicted octanol–water partition coefficient (Wildman–Crippen LogP) is 6.65. The molecule has 0 spiro atoms. The first-order valence-electron chi connectivity index (χ1n) is 17.9. The van der Waals surface area contributed by atoms with Gasteiger partial charge in [-0.3, -0.25) is 4.79 Å². The van der Waals surface area contributed by atoms with Crippen LogP contribution in [0.15, 0.2) is 0 Å². The van der Waals surface area contributed by atoms with Gasteiger partial charge in [-0.05, 0) is 136 Å². The lowest BCUT2D eigenvalue weighted by Crippen LogP contribution is -2.60. The largest absolute Gasteiger partial charge is 0.393 e. The molecule has 5 rings (SSSR count). The summed E-state index contributed by atoms with van der Waals surface area (Å²) in [7, 11) is 1.77. The molecule has 6 nitrogen and oxygen atoms in total. The fourth-order valence-electron chi connectivity index (χ4n) is 11.2. The van der Waals surface area contributed by atoms with E-state index >= 15 is 0 Å². The molecule has 0 bridgehead atoms. The molecule has 1 aliphatic heterocycles. The second-order valence-electron chi connectivity index (χ2n) is 16.2. The first-order chi connectivity index (χ1) is 20.1. The molecule has 5 fully saturated rings. The van der Waals surface area contributed by atoms with Crippen molar-refractivity contribution in [2.24, 2.45) is 52.3 Å². The third-order valence-electron chi connectivity index (χ3n) is 13.7. The number of hydrogen-bond donors (Lipinski definition) is 2. The van der Waals surface area contributed by atoms with Gasteiger partial charge in [0.1, 0.15) is 6.79 Å². The summed E-state index contributed by atoms with van der Waals surface area (Å²) in [6.07, 6.45) is 15.5. The van der Waals surface area contributed by atoms with Crippen molar-refractivity contribution in [1.29, 1.82) is 0 Å². The van der Waals surface area contributed by atoms with Crippen molar-refractivity contribution >= 4 is 5.91 Å². The van der Waals surface area contributed by atoms with Gasteiger partial charge in [-0.2, -0.15) is 0 Å². The topological polar surface area (TPSA) is 71.0 Å². The number of aliphatic hydroxyl groups is 1. The van der Waals surface area contributed by atoms with Gasteiger partial charge in [-0.1, -0.05) is 34.6 Å². The molecule has 1 amide bonds. The third kappa shape index (κ3) is 6.49. The highest BCUT2D eigenvalue weighted by molar-refractivity contribution is 5.77. The van der Waals surface area contributed by atoms with Gasteiger partial charge in [0.2, 0.25) is 5.91 Å². The average Bonchev–Trinajstić information content (AvgIpc) is 3.54. The molecule has 42 heavy (non-hydrogen) atoms. The summed E-state index contributed by atoms with van der Waals surface area (Å²) < 4.78 is 12.1. The normalized spacial score (nSPS) is 41.5. The molecule has 1 heterocycles. The van der Waals surface area contributed by atoms with Gasteiger partial charge in [-0.25, -0.2) is 0 Å². The number of carbonyl (C=O) groups is 1. The SMILES string of the molecule is COCO[C@@H]1C[C@H]2CC(NCCCN3CCCC3=O)CCC2(C)C2CCC3(C)C(C(C)CCC(O)C(C)C)CCC3C21. The van der Waals surface area contributed by atoms with E-state index in [0.29, 0.717) is 59.3 Å². The smallest absolute Gasteiger partial charge is 0.222 e. The molecule has 0 aromatic carbocycles. The van der Waals surface area contributed by atoms with Crippen molar-refractivity contribution in [1.82, 2.24) is 10.2 Å². The van der Waals surface area contributed by atoms with Gasteiger partial charge in [0.15, 0.2) is 0 Å². The molecule has 0 aromatic heterocycles. The minimum absolute atomic E-state index is 0.172. The fourth-order valence-corrected chi connectivity index (χ4v) is 11.2. The summed E-state index contributed by atoms with van der Waals surface area (Å²) >= 11 is 0. The van der Waals surface area contributed by atoms with E-state index in [1.165, 1.54) is 51.4 Å². The maximum absolute atomic E-state index is 12.0. The highest BCUT2D eigenvalue weighted by Crippen LogP contribution is 2.68. The Bertz CT molecular complexity index is 898. The Balaban J connectivity index is 1.23. The lowest BCUT2D eigenvalue weighted by molar-refractivity contribution is -0.203. The van der Waals surface area contributed by atoms with Crippen LogP contribution in [0.2, 0.25) is 0 Å². The van der Waals surface area contributed by atoms with Crippen LogP contribution in [-0.2, 0) is 14.3 Å². The molecule has 2 N–H and O–H groups in total. The van der Waals surface area contributed by atoms with Crippen molar-refractivity contribution in [2.45, 2.75) is 136 Å². The number of ether oxygens (including phenoxy) is 2. The average molecular weight is 589 g/mol. The number of carbonyl (C=O) groups excluding carboxylic acids is 1. The molecule has 5 aliphatic rings. The quantitative estimate of drug-likeness (QED) is 0.186. The van der Waals surface area contributed by atoms with E-state index < -0.39 is 0 Å². The van der Waals surface area contributed by atoms with Gasteiger partial charge in [0, 0.05) is 32.7 Å². The Kier molecular flexibility index (Phi) is 10.7. The predicted molar refractivity (Wildman–Crippen MR) is 169 cm³/mol. The van der Waals surface area contributed by atoms with Gasteiger partial charge < -0.3 is 24.8 Å². The number of hydrogen-bond acceptors (Lipinski definition) is 5. The number of aliphatic hydroxyl groups excluding tert-OH is 1. The van der Waals surface area contributed by atoms with E-state index in [9.17, 15) is 9.90 Å². The maximum atomic E-state index is 12.0. The third-order valence-corrected chi connectivity index (χ3v) is 13.7. The minimum Gasteiger partial charge on any atom is -0.393 e. The monoisotopic (exact) mass is 588 g/mol. The number of methoxy groups -OCH3 is 1. The van der Waals surface area contributed by atoms with E-state index in [0.717, 1.165) is 69.5 Å². The Morgan fingerprint density at radius 2 is 1.79 bits per heavy atom. The van der Waals surface area contributed by atoms with E-state index in [1.54, 1.807) is 7.11 Å². The van der Waals surface area contributed by atoms with Crippen LogP contribution < -0.4 is 5.32 Å². The van der Waals surface area contributed by atoms with E-state index in [-0.39, 0.29) is 6.10 Å². The molecule has 4 aliphatic carbocycles. The van der Waals surface area contributed by atoms with Gasteiger partial charge >= 0.3 is 0 Å². The summed E-state index contributed by atoms with van der Waals surface area (Å²) in [5, 5.41) is 14.4. The van der Waals surface area contributed by atoms with Crippen LogP contribution in [0.25, 0.3) is 0 Å². The second-order valence-corrected chi connectivity index (χ2v) is 16.2. The zero-order chi connectivity index (χ0) is 30.1. The number of amides is 1. The van der Waals surface area contributed by atoms with Gasteiger partial charge in [-0.15, -0.1) is 0 Å². The number of nitrogens with zero attached hydrogens (tertiary/aromatic N) is 1. The molecular formula is C36H64N2O4. The Labute approximate surface area is 257 Å². The number of likely N-dealkylation sites (tertiary alicyclic amines) is 1. The van der Waals surface area contributed by atoms with E-state index in [2.05, 4.69) is 44.8 Å². The molecule has 4 saturated carbocycles. The van der Waals surface area contributed by atoms with Gasteiger partial charge in [0.25, 0.3) is 0 Å². The number of nitrogens with one attached hydrogen (secondary N) is 1. The Hall–Kier alpha value is -0.690. The standard InChI is InChI=1S/C36H64N2O4/c1-24(2)31(39)13-10-25(3)28-11-12-29-34-30(15-17-36(28,29)5)35(4)16-14-27(21-26(35)22-32(34)42-23-41-6)37-18-8-20-38-19-7-9-33(38)40/h24-32,34,37,39H,7-23H2,1-6H3/t25?,26-,27?,28?,29?,30?,31?,32-,34?,35?,36?/m1/s1. The van der Waals surface area contributed by atoms with Crippen LogP contribution in [0, 0.1) is 52.3 Å². The second kappa shape index (κ2) is 13.7. The molecule has 11 atom stereocenters. The first kappa shape index (κ1) is 32.7. The highest BCUT2D eigenvalue weighted by Gasteiger charge is 2.63. The summed E-state index contributed by atoms with van der Waals surface area (Å²) in [5.74, 6) is 4.94. The molecular weight excluding hydrogens is 524 g/mol. The van der Waals surface area contributed by atoms with Crippen molar-refractivity contribution < 1.29 is 19.4 Å². The van der Waals surface area contributed by atoms with Crippen molar-refractivity contribution in [3.8, 4) is 0 Å². The maximum Gasteiger partial charge on any atom is 0.222 e. The molecule has 1 saturated heterocycles. The number of fused-ring (bicyclic) bond motifs is 5. The van der Waals surface area contributed by atoms with E-state index in [4.69, 9.17) is 9.47 Å². The first-order valence-corrected chi connectivity index (χ1v) is 17.9. The number of rotatable bonds is 13. The van der Waals surface area contributed by atoms with Gasteiger partial charge in [0.05, 0.1) is 12.2 Å². The van der Waals surface area contributed by atoms with Crippen LogP contribution in [0.1, 0.15) is 118 Å². The van der Waals surface area contributed by atoms with Crippen molar-refractivity contribution in [3.63, 3.8) is 0 Å². The molecule has 6 heteroatoms. The van der Waals surface area contributed by atoms with Crippen LogP contribution in [0.5, 0.6) is 0 Å². The molecule has 242 valence electrons. The Morgan fingerprint density at radius 1 is 1.02 bits per heavy atom. The zero-order valence-electron chi connectivity index (χ0n) is 27.9. The van der Waals surface area contributed by atoms with Crippen molar-refractivity contribution in [2.75, 3.05) is 33.5 Å². The van der Waals surface area contributed by atoms with Crippen LogP contribution in [0.3, 0.4) is 0 Å².